The van der Waals surface area contributed by atoms with Gasteiger partial charge in [0.1, 0.15) is 11.5 Å². The van der Waals surface area contributed by atoms with Crippen LogP contribution in [0.1, 0.15) is 30.6 Å². The van der Waals surface area contributed by atoms with Crippen molar-refractivity contribution in [3.63, 3.8) is 0 Å². The van der Waals surface area contributed by atoms with Crippen molar-refractivity contribution in [2.45, 2.75) is 26.4 Å². The van der Waals surface area contributed by atoms with E-state index in [1.165, 1.54) is 0 Å². The van der Waals surface area contributed by atoms with Gasteiger partial charge in [-0.25, -0.2) is 0 Å². The van der Waals surface area contributed by atoms with Crippen LogP contribution in [-0.4, -0.2) is 18.3 Å². The molecule has 0 bridgehead atoms. The van der Waals surface area contributed by atoms with E-state index in [4.69, 9.17) is 9.47 Å². The second kappa shape index (κ2) is 7.70. The van der Waals surface area contributed by atoms with E-state index in [2.05, 4.69) is 0 Å². The highest BCUT2D eigenvalue weighted by molar-refractivity contribution is 5.36. The number of ether oxygens (including phenoxy) is 2. The molecule has 0 aromatic heterocycles. The van der Waals surface area contributed by atoms with Crippen molar-refractivity contribution in [1.82, 2.24) is 0 Å². The highest BCUT2D eigenvalue weighted by Gasteiger charge is 2.05. The average Bonchev–Trinajstić information content (AvgIpc) is 2.49. The van der Waals surface area contributed by atoms with E-state index in [9.17, 15) is 5.11 Å². The molecule has 2 rings (SSSR count). The van der Waals surface area contributed by atoms with E-state index >= 15 is 0 Å². The van der Waals surface area contributed by atoms with Gasteiger partial charge in [-0.05, 0) is 49.2 Å². The lowest BCUT2D eigenvalue weighted by Crippen LogP contribution is -2.06. The number of rotatable bonds is 7. The predicted octanol–water partition coefficient (Wildman–Crippen LogP) is 3.90. The molecule has 0 fully saturated rings. The zero-order valence-electron chi connectivity index (χ0n) is 12.6. The molecule has 3 heteroatoms. The van der Waals surface area contributed by atoms with E-state index in [1.54, 1.807) is 6.92 Å². The molecule has 0 spiro atoms. The molecule has 0 saturated carbocycles. The average molecular weight is 286 g/mol. The number of aliphatic hydroxyl groups excluding tert-OH is 1. The monoisotopic (exact) mass is 286 g/mol. The summed E-state index contributed by atoms with van der Waals surface area (Å²) in [5.74, 6) is 1.74. The third kappa shape index (κ3) is 4.80. The van der Waals surface area contributed by atoms with Gasteiger partial charge in [0.2, 0.25) is 0 Å². The number of hydrogen-bond acceptors (Lipinski definition) is 3. The lowest BCUT2D eigenvalue weighted by molar-refractivity contribution is 0.199. The van der Waals surface area contributed by atoms with Crippen molar-refractivity contribution >= 4 is 0 Å². The first-order chi connectivity index (χ1) is 10.2. The van der Waals surface area contributed by atoms with Crippen LogP contribution in [0.25, 0.3) is 0 Å². The minimum absolute atomic E-state index is 0.447. The van der Waals surface area contributed by atoms with E-state index in [-0.39, 0.29) is 0 Å². The number of para-hydroxylation sites is 1. The maximum atomic E-state index is 9.54. The number of aliphatic hydroxyl groups is 1. The van der Waals surface area contributed by atoms with Crippen LogP contribution in [0.3, 0.4) is 0 Å². The maximum absolute atomic E-state index is 9.54. The van der Waals surface area contributed by atoms with Crippen molar-refractivity contribution in [2.75, 3.05) is 13.2 Å². The van der Waals surface area contributed by atoms with Crippen LogP contribution in [0.5, 0.6) is 11.5 Å². The van der Waals surface area contributed by atoms with Gasteiger partial charge in [0.15, 0.2) is 0 Å². The molecule has 21 heavy (non-hydrogen) atoms. The molecule has 0 aliphatic rings. The molecular formula is C18H22O3. The Hall–Kier alpha value is -2.00. The molecule has 0 aliphatic heterocycles. The van der Waals surface area contributed by atoms with Crippen LogP contribution in [-0.2, 0) is 0 Å². The summed E-state index contributed by atoms with van der Waals surface area (Å²) in [7, 11) is 0. The fourth-order valence-corrected chi connectivity index (χ4v) is 2.04. The summed E-state index contributed by atoms with van der Waals surface area (Å²) in [6.45, 7) is 4.99. The summed E-state index contributed by atoms with van der Waals surface area (Å²) in [6.07, 6.45) is 0.379. The summed E-state index contributed by atoms with van der Waals surface area (Å²) in [5, 5.41) is 9.54. The van der Waals surface area contributed by atoms with Gasteiger partial charge < -0.3 is 14.6 Å². The lowest BCUT2D eigenvalue weighted by atomic mass is 10.1. The Balaban J connectivity index is 1.74. The van der Waals surface area contributed by atoms with Crippen LogP contribution < -0.4 is 9.47 Å². The van der Waals surface area contributed by atoms with E-state index in [0.717, 1.165) is 29.0 Å². The Labute approximate surface area is 126 Å². The molecular weight excluding hydrogens is 264 g/mol. The van der Waals surface area contributed by atoms with Gasteiger partial charge in [0, 0.05) is 6.42 Å². The largest absolute Gasteiger partial charge is 0.493 e. The first-order valence-electron chi connectivity index (χ1n) is 7.26. The van der Waals surface area contributed by atoms with Gasteiger partial charge in [0.25, 0.3) is 0 Å². The molecule has 0 heterocycles. The summed E-state index contributed by atoms with van der Waals surface area (Å²) < 4.78 is 11.4. The predicted molar refractivity (Wildman–Crippen MR) is 83.9 cm³/mol. The van der Waals surface area contributed by atoms with Crippen molar-refractivity contribution in [3.05, 3.63) is 59.7 Å². The summed E-state index contributed by atoms with van der Waals surface area (Å²) in [4.78, 5) is 0. The van der Waals surface area contributed by atoms with Crippen molar-refractivity contribution in [1.29, 1.82) is 0 Å². The highest BCUT2D eigenvalue weighted by atomic mass is 16.5. The van der Waals surface area contributed by atoms with E-state index in [0.29, 0.717) is 13.2 Å². The Kier molecular flexibility index (Phi) is 5.64. The normalized spacial score (nSPS) is 12.0. The SMILES string of the molecule is Cc1cc([C@@H](C)O)ccc1OCCCOc1ccccc1. The molecule has 0 unspecified atom stereocenters. The second-order valence-corrected chi connectivity index (χ2v) is 5.06. The van der Waals surface area contributed by atoms with Crippen LogP contribution in [0.2, 0.25) is 0 Å². The molecule has 2 aromatic carbocycles. The van der Waals surface area contributed by atoms with Gasteiger partial charge in [0.05, 0.1) is 19.3 Å². The van der Waals surface area contributed by atoms with Gasteiger partial charge in [-0.1, -0.05) is 24.3 Å². The number of benzene rings is 2. The smallest absolute Gasteiger partial charge is 0.122 e. The summed E-state index contributed by atoms with van der Waals surface area (Å²) in [5.41, 5.74) is 1.95. The van der Waals surface area contributed by atoms with Crippen LogP contribution >= 0.6 is 0 Å². The first kappa shape index (κ1) is 15.4. The minimum atomic E-state index is -0.447. The van der Waals surface area contributed by atoms with Crippen molar-refractivity contribution < 1.29 is 14.6 Å². The molecule has 0 saturated heterocycles. The standard InChI is InChI=1S/C18H22O3/c1-14-13-16(15(2)19)9-10-18(14)21-12-6-11-20-17-7-4-3-5-8-17/h3-5,7-10,13,15,19H,6,11-12H2,1-2H3/t15-/m1/s1. The number of hydrogen-bond donors (Lipinski definition) is 1. The van der Waals surface area contributed by atoms with Crippen LogP contribution in [0.4, 0.5) is 0 Å². The second-order valence-electron chi connectivity index (χ2n) is 5.06. The van der Waals surface area contributed by atoms with Crippen molar-refractivity contribution in [2.24, 2.45) is 0 Å². The topological polar surface area (TPSA) is 38.7 Å². The molecule has 0 aliphatic carbocycles. The lowest BCUT2D eigenvalue weighted by Gasteiger charge is -2.12. The Bertz CT molecular complexity index is 550. The van der Waals surface area contributed by atoms with Crippen molar-refractivity contribution in [3.8, 4) is 11.5 Å². The van der Waals surface area contributed by atoms with Gasteiger partial charge in [-0.3, -0.25) is 0 Å². The third-order valence-electron chi connectivity index (χ3n) is 3.24. The summed E-state index contributed by atoms with van der Waals surface area (Å²) >= 11 is 0. The molecule has 1 atom stereocenters. The Morgan fingerprint density at radius 2 is 1.71 bits per heavy atom. The quantitative estimate of drug-likeness (QED) is 0.785. The number of aryl methyl sites for hydroxylation is 1. The van der Waals surface area contributed by atoms with E-state index in [1.807, 2.05) is 55.5 Å². The minimum Gasteiger partial charge on any atom is -0.493 e. The third-order valence-corrected chi connectivity index (χ3v) is 3.24. The Morgan fingerprint density at radius 1 is 1.00 bits per heavy atom. The molecule has 112 valence electrons. The van der Waals surface area contributed by atoms with Gasteiger partial charge >= 0.3 is 0 Å². The first-order valence-corrected chi connectivity index (χ1v) is 7.26. The van der Waals surface area contributed by atoms with Gasteiger partial charge in [-0.15, -0.1) is 0 Å². The van der Waals surface area contributed by atoms with E-state index < -0.39 is 6.10 Å². The summed E-state index contributed by atoms with van der Waals surface area (Å²) in [6, 6.07) is 15.5. The zero-order chi connectivity index (χ0) is 15.1. The highest BCUT2D eigenvalue weighted by Crippen LogP contribution is 2.22. The maximum Gasteiger partial charge on any atom is 0.122 e. The zero-order valence-corrected chi connectivity index (χ0v) is 12.6. The fourth-order valence-electron chi connectivity index (χ4n) is 2.04. The molecule has 2 aromatic rings. The molecule has 3 nitrogen and oxygen atoms in total. The van der Waals surface area contributed by atoms with Crippen LogP contribution in [0.15, 0.2) is 48.5 Å². The molecule has 1 N–H and O–H groups in total. The molecule has 0 amide bonds. The molecule has 0 radical (unpaired) electrons. The van der Waals surface area contributed by atoms with Gasteiger partial charge in [-0.2, -0.15) is 0 Å². The Morgan fingerprint density at radius 3 is 2.38 bits per heavy atom. The van der Waals surface area contributed by atoms with Crippen LogP contribution in [0, 0.1) is 6.92 Å². The fraction of sp³-hybridized carbons (Fsp3) is 0.333.